The van der Waals surface area contributed by atoms with E-state index in [1.807, 2.05) is 0 Å². The fourth-order valence-corrected chi connectivity index (χ4v) is 1.47. The van der Waals surface area contributed by atoms with Crippen molar-refractivity contribution in [3.8, 4) is 0 Å². The van der Waals surface area contributed by atoms with E-state index in [4.69, 9.17) is 0 Å². The summed E-state index contributed by atoms with van der Waals surface area (Å²) in [6.45, 7) is 0. The van der Waals surface area contributed by atoms with Crippen LogP contribution >= 0.6 is 0 Å². The molecule has 0 spiro atoms. The number of rotatable bonds is 2. The van der Waals surface area contributed by atoms with E-state index in [0.29, 0.717) is 4.90 Å². The van der Waals surface area contributed by atoms with E-state index in [1.54, 1.807) is 31.3 Å². The first kappa shape index (κ1) is 9.06. The first-order valence-corrected chi connectivity index (χ1v) is 5.33. The lowest BCUT2D eigenvalue weighted by molar-refractivity contribution is 0.602. The van der Waals surface area contributed by atoms with Crippen molar-refractivity contribution < 1.29 is 8.42 Å². The van der Waals surface area contributed by atoms with Gasteiger partial charge in [-0.05, 0) is 24.3 Å². The maximum Gasteiger partial charge on any atom is 0.175 e. The zero-order valence-corrected chi connectivity index (χ0v) is 7.80. The second-order valence-electron chi connectivity index (χ2n) is 2.49. The van der Waals surface area contributed by atoms with Gasteiger partial charge in [-0.2, -0.15) is 0 Å². The molecule has 0 bridgehead atoms. The molecule has 0 fully saturated rings. The van der Waals surface area contributed by atoms with Crippen LogP contribution in [-0.2, 0) is 9.84 Å². The van der Waals surface area contributed by atoms with E-state index < -0.39 is 9.84 Å². The van der Waals surface area contributed by atoms with Crippen LogP contribution in [0, 0.1) is 0 Å². The molecule has 0 saturated heterocycles. The Labute approximate surface area is 72.3 Å². The normalized spacial score (nSPS) is 11.2. The molecular weight excluding hydrogens is 174 g/mol. The van der Waals surface area contributed by atoms with E-state index in [-0.39, 0.29) is 0 Å². The SMILES string of the molecule is C[N]c1ccc(S(C)(=O)=O)cc1. The van der Waals surface area contributed by atoms with Gasteiger partial charge in [-0.1, -0.05) is 0 Å². The molecule has 1 radical (unpaired) electrons. The van der Waals surface area contributed by atoms with Crippen molar-refractivity contribution in [2.24, 2.45) is 0 Å². The third-order valence-corrected chi connectivity index (χ3v) is 2.65. The quantitative estimate of drug-likeness (QED) is 0.687. The van der Waals surface area contributed by atoms with Crippen molar-refractivity contribution in [3.05, 3.63) is 24.3 Å². The minimum Gasteiger partial charge on any atom is -0.289 e. The Morgan fingerprint density at radius 1 is 1.17 bits per heavy atom. The van der Waals surface area contributed by atoms with Gasteiger partial charge in [-0.25, -0.2) is 8.42 Å². The molecule has 0 unspecified atom stereocenters. The van der Waals surface area contributed by atoms with Crippen LogP contribution in [0.5, 0.6) is 0 Å². The van der Waals surface area contributed by atoms with Crippen molar-refractivity contribution >= 4 is 15.5 Å². The molecule has 65 valence electrons. The van der Waals surface area contributed by atoms with Crippen molar-refractivity contribution in [2.75, 3.05) is 13.3 Å². The van der Waals surface area contributed by atoms with E-state index in [9.17, 15) is 8.42 Å². The van der Waals surface area contributed by atoms with Crippen LogP contribution in [0.15, 0.2) is 29.2 Å². The molecule has 12 heavy (non-hydrogen) atoms. The molecule has 0 aliphatic carbocycles. The van der Waals surface area contributed by atoms with Crippen molar-refractivity contribution in [2.45, 2.75) is 4.90 Å². The standard InChI is InChI=1S/C8H10NO2S/c1-9-7-3-5-8(6-4-7)12(2,10)11/h3-6H,1-2H3. The van der Waals surface area contributed by atoms with Crippen LogP contribution in [0.4, 0.5) is 5.69 Å². The van der Waals surface area contributed by atoms with Gasteiger partial charge in [0.15, 0.2) is 9.84 Å². The number of hydrogen-bond donors (Lipinski definition) is 0. The minimum atomic E-state index is -3.07. The summed E-state index contributed by atoms with van der Waals surface area (Å²) < 4.78 is 22.0. The molecule has 0 saturated carbocycles. The largest absolute Gasteiger partial charge is 0.289 e. The Morgan fingerprint density at radius 3 is 2.00 bits per heavy atom. The minimum absolute atomic E-state index is 0.329. The van der Waals surface area contributed by atoms with Crippen LogP contribution in [0.3, 0.4) is 0 Å². The second kappa shape index (κ2) is 3.15. The summed E-state index contributed by atoms with van der Waals surface area (Å²) in [6, 6.07) is 6.46. The summed E-state index contributed by atoms with van der Waals surface area (Å²) in [7, 11) is -1.41. The highest BCUT2D eigenvalue weighted by atomic mass is 32.2. The summed E-state index contributed by atoms with van der Waals surface area (Å²) in [5, 5.41) is 3.90. The average Bonchev–Trinajstić information content (AvgIpc) is 2.03. The van der Waals surface area contributed by atoms with Gasteiger partial charge in [0.2, 0.25) is 0 Å². The Bertz CT molecular complexity index is 353. The van der Waals surface area contributed by atoms with Crippen molar-refractivity contribution in [3.63, 3.8) is 0 Å². The van der Waals surface area contributed by atoms with Crippen LogP contribution in [0.25, 0.3) is 0 Å². The zero-order valence-electron chi connectivity index (χ0n) is 6.98. The van der Waals surface area contributed by atoms with Crippen LogP contribution in [0.1, 0.15) is 0 Å². The summed E-state index contributed by atoms with van der Waals surface area (Å²) in [5.74, 6) is 0. The summed E-state index contributed by atoms with van der Waals surface area (Å²) in [4.78, 5) is 0.329. The molecule has 0 aromatic heterocycles. The fraction of sp³-hybridized carbons (Fsp3) is 0.250. The predicted octanol–water partition coefficient (Wildman–Crippen LogP) is 0.956. The smallest absolute Gasteiger partial charge is 0.175 e. The van der Waals surface area contributed by atoms with E-state index in [0.717, 1.165) is 5.69 Å². The Kier molecular flexibility index (Phi) is 2.38. The highest BCUT2D eigenvalue weighted by Gasteiger charge is 2.05. The van der Waals surface area contributed by atoms with Gasteiger partial charge >= 0.3 is 0 Å². The van der Waals surface area contributed by atoms with Crippen molar-refractivity contribution in [1.29, 1.82) is 0 Å². The predicted molar refractivity (Wildman–Crippen MR) is 47.3 cm³/mol. The van der Waals surface area contributed by atoms with Gasteiger partial charge in [0.1, 0.15) is 0 Å². The maximum absolute atomic E-state index is 11.0. The van der Waals surface area contributed by atoms with Crippen LogP contribution in [-0.4, -0.2) is 21.7 Å². The van der Waals surface area contributed by atoms with Crippen LogP contribution in [0.2, 0.25) is 0 Å². The lowest BCUT2D eigenvalue weighted by atomic mass is 10.3. The summed E-state index contributed by atoms with van der Waals surface area (Å²) in [5.41, 5.74) is 0.780. The topological polar surface area (TPSA) is 48.2 Å². The molecule has 0 aliphatic rings. The molecular formula is C8H10NO2S. The lowest BCUT2D eigenvalue weighted by Crippen LogP contribution is -1.96. The molecule has 0 N–H and O–H groups in total. The maximum atomic E-state index is 11.0. The highest BCUT2D eigenvalue weighted by molar-refractivity contribution is 7.90. The monoisotopic (exact) mass is 184 g/mol. The molecule has 1 rings (SSSR count). The van der Waals surface area contributed by atoms with Crippen LogP contribution < -0.4 is 5.32 Å². The average molecular weight is 184 g/mol. The number of nitrogens with zero attached hydrogens (tertiary/aromatic N) is 1. The second-order valence-corrected chi connectivity index (χ2v) is 4.51. The molecule has 1 aromatic rings. The van der Waals surface area contributed by atoms with Gasteiger partial charge in [-0.3, -0.25) is 5.32 Å². The van der Waals surface area contributed by atoms with E-state index in [2.05, 4.69) is 5.32 Å². The van der Waals surface area contributed by atoms with E-state index in [1.165, 1.54) is 6.26 Å². The molecule has 0 heterocycles. The number of hydrogen-bond acceptors (Lipinski definition) is 2. The Morgan fingerprint density at radius 2 is 1.67 bits per heavy atom. The molecule has 0 aliphatic heterocycles. The van der Waals surface area contributed by atoms with Crippen molar-refractivity contribution in [1.82, 2.24) is 5.32 Å². The van der Waals surface area contributed by atoms with E-state index >= 15 is 0 Å². The van der Waals surface area contributed by atoms with Gasteiger partial charge in [-0.15, -0.1) is 0 Å². The molecule has 0 amide bonds. The fourth-order valence-electron chi connectivity index (χ4n) is 0.842. The summed E-state index contributed by atoms with van der Waals surface area (Å²) in [6.07, 6.45) is 1.19. The molecule has 1 aromatic carbocycles. The molecule has 3 nitrogen and oxygen atoms in total. The van der Waals surface area contributed by atoms with Gasteiger partial charge in [0, 0.05) is 13.3 Å². The Hall–Kier alpha value is -1.03. The molecule has 4 heteroatoms. The molecule has 0 atom stereocenters. The first-order valence-electron chi connectivity index (χ1n) is 3.44. The summed E-state index contributed by atoms with van der Waals surface area (Å²) >= 11 is 0. The third-order valence-electron chi connectivity index (χ3n) is 1.52. The zero-order chi connectivity index (χ0) is 9.19. The van der Waals surface area contributed by atoms with Gasteiger partial charge in [0.05, 0.1) is 10.6 Å². The van der Waals surface area contributed by atoms with Gasteiger partial charge < -0.3 is 0 Å². The third kappa shape index (κ3) is 1.98. The number of sulfone groups is 1. The van der Waals surface area contributed by atoms with Gasteiger partial charge in [0.25, 0.3) is 0 Å². The lowest BCUT2D eigenvalue weighted by Gasteiger charge is -1.99. The first-order chi connectivity index (χ1) is 5.54. The highest BCUT2D eigenvalue weighted by Crippen LogP contribution is 2.12. The number of benzene rings is 1. The Balaban J connectivity index is 3.09.